The molecule has 0 saturated heterocycles. The largest absolute Gasteiger partial charge is 0.392 e. The summed E-state index contributed by atoms with van der Waals surface area (Å²) in [4.78, 5) is -0.249. The lowest BCUT2D eigenvalue weighted by Crippen LogP contribution is -2.31. The maximum absolute atomic E-state index is 12.9. The number of benzene rings is 1. The van der Waals surface area contributed by atoms with Gasteiger partial charge in [-0.2, -0.15) is 0 Å². The summed E-state index contributed by atoms with van der Waals surface area (Å²) in [5, 5.41) is 8.79. The summed E-state index contributed by atoms with van der Waals surface area (Å²) in [5.41, 5.74) is 0. The quantitative estimate of drug-likeness (QED) is 0.875. The lowest BCUT2D eigenvalue weighted by molar-refractivity contribution is 0.198. The van der Waals surface area contributed by atoms with Crippen molar-refractivity contribution in [3.05, 3.63) is 27.4 Å². The lowest BCUT2D eigenvalue weighted by atomic mass is 10.3. The highest BCUT2D eigenvalue weighted by atomic mass is 79.9. The van der Waals surface area contributed by atoms with E-state index in [1.807, 2.05) is 0 Å². The van der Waals surface area contributed by atoms with Gasteiger partial charge in [-0.1, -0.05) is 11.6 Å². The first-order valence-electron chi connectivity index (χ1n) is 4.56. The van der Waals surface area contributed by atoms with Gasteiger partial charge in [0.2, 0.25) is 10.0 Å². The van der Waals surface area contributed by atoms with Crippen LogP contribution in [-0.2, 0) is 10.0 Å². The summed E-state index contributed by atoms with van der Waals surface area (Å²) < 4.78 is 38.8. The summed E-state index contributed by atoms with van der Waals surface area (Å²) in [6, 6.07) is 1.91. The first kappa shape index (κ1) is 14.8. The van der Waals surface area contributed by atoms with Crippen LogP contribution in [0.3, 0.4) is 0 Å². The maximum atomic E-state index is 12.9. The maximum Gasteiger partial charge on any atom is 0.243 e. The van der Waals surface area contributed by atoms with Crippen molar-refractivity contribution in [1.29, 1.82) is 0 Å². The molecule has 0 heterocycles. The highest BCUT2D eigenvalue weighted by Crippen LogP contribution is 2.30. The molecule has 1 unspecified atom stereocenters. The molecule has 0 saturated carbocycles. The first-order chi connectivity index (χ1) is 7.74. The van der Waals surface area contributed by atoms with Gasteiger partial charge in [-0.25, -0.2) is 17.5 Å². The van der Waals surface area contributed by atoms with Gasteiger partial charge in [0.1, 0.15) is 10.7 Å². The second-order valence-electron chi connectivity index (χ2n) is 3.40. The fourth-order valence-electron chi connectivity index (χ4n) is 1.09. The molecular formula is C9H10BrClFNO3S. The third-order valence-electron chi connectivity index (χ3n) is 1.80. The van der Waals surface area contributed by atoms with Crippen LogP contribution in [0.4, 0.5) is 4.39 Å². The molecule has 0 amide bonds. The minimum Gasteiger partial charge on any atom is -0.392 e. The summed E-state index contributed by atoms with van der Waals surface area (Å²) >= 11 is 8.62. The summed E-state index contributed by atoms with van der Waals surface area (Å²) in [5.74, 6) is -0.642. The fourth-order valence-corrected chi connectivity index (χ4v) is 4.02. The monoisotopic (exact) mass is 345 g/mol. The van der Waals surface area contributed by atoms with Crippen molar-refractivity contribution >= 4 is 37.6 Å². The normalized spacial score (nSPS) is 13.7. The Balaban J connectivity index is 3.16. The van der Waals surface area contributed by atoms with E-state index in [-0.39, 0.29) is 20.9 Å². The summed E-state index contributed by atoms with van der Waals surface area (Å²) in [6.45, 7) is 1.28. The Morgan fingerprint density at radius 2 is 2.18 bits per heavy atom. The summed E-state index contributed by atoms with van der Waals surface area (Å²) in [7, 11) is -3.89. The van der Waals surface area contributed by atoms with Crippen LogP contribution in [0.2, 0.25) is 5.02 Å². The lowest BCUT2D eigenvalue weighted by Gasteiger charge is -2.11. The first-order valence-corrected chi connectivity index (χ1v) is 7.21. The number of sulfonamides is 1. The van der Waals surface area contributed by atoms with Crippen molar-refractivity contribution in [2.45, 2.75) is 17.9 Å². The molecule has 0 spiro atoms. The van der Waals surface area contributed by atoms with Crippen LogP contribution in [0.5, 0.6) is 0 Å². The van der Waals surface area contributed by atoms with Crippen LogP contribution in [0, 0.1) is 5.82 Å². The van der Waals surface area contributed by atoms with Crippen molar-refractivity contribution in [2.24, 2.45) is 0 Å². The molecule has 1 aromatic carbocycles. The van der Waals surface area contributed by atoms with Gasteiger partial charge in [-0.3, -0.25) is 0 Å². The van der Waals surface area contributed by atoms with Crippen LogP contribution in [-0.4, -0.2) is 26.2 Å². The zero-order chi connectivity index (χ0) is 13.2. The Bertz CT molecular complexity index is 498. The molecule has 1 rings (SSSR count). The van der Waals surface area contributed by atoms with Gasteiger partial charge < -0.3 is 5.11 Å². The minimum absolute atomic E-state index is 0.0283. The molecular weight excluding hydrogens is 337 g/mol. The minimum atomic E-state index is -3.89. The van der Waals surface area contributed by atoms with E-state index < -0.39 is 21.9 Å². The van der Waals surface area contributed by atoms with Crippen LogP contribution >= 0.6 is 27.5 Å². The Morgan fingerprint density at radius 3 is 2.65 bits per heavy atom. The van der Waals surface area contributed by atoms with Gasteiger partial charge in [-0.15, -0.1) is 0 Å². The molecule has 0 aliphatic carbocycles. The predicted octanol–water partition coefficient (Wildman–Crippen LogP) is 1.90. The summed E-state index contributed by atoms with van der Waals surface area (Å²) in [6.07, 6.45) is -0.831. The number of aliphatic hydroxyl groups is 1. The number of hydrogen-bond donors (Lipinski definition) is 2. The third-order valence-corrected chi connectivity index (χ3v) is 4.62. The van der Waals surface area contributed by atoms with Crippen molar-refractivity contribution < 1.29 is 17.9 Å². The molecule has 1 atom stereocenters. The van der Waals surface area contributed by atoms with E-state index in [0.29, 0.717) is 0 Å². The predicted molar refractivity (Wildman–Crippen MR) is 66.0 cm³/mol. The van der Waals surface area contributed by atoms with Crippen molar-refractivity contribution in [3.63, 3.8) is 0 Å². The Morgan fingerprint density at radius 1 is 1.59 bits per heavy atom. The topological polar surface area (TPSA) is 66.4 Å². The van der Waals surface area contributed by atoms with Gasteiger partial charge in [0.15, 0.2) is 0 Å². The van der Waals surface area contributed by atoms with Crippen LogP contribution in [0.25, 0.3) is 0 Å². The molecule has 0 aliphatic heterocycles. The zero-order valence-corrected chi connectivity index (χ0v) is 11.9. The number of rotatable bonds is 4. The highest BCUT2D eigenvalue weighted by molar-refractivity contribution is 9.10. The highest BCUT2D eigenvalue weighted by Gasteiger charge is 2.22. The van der Waals surface area contributed by atoms with Gasteiger partial charge in [0.05, 0.1) is 11.1 Å². The number of hydrogen-bond acceptors (Lipinski definition) is 3. The van der Waals surface area contributed by atoms with Crippen molar-refractivity contribution in [1.82, 2.24) is 4.72 Å². The second kappa shape index (κ2) is 5.62. The standard InChI is InChI=1S/C9H10BrClFNO3S/c1-5(14)4-13-17(15,16)9-7(10)2-6(12)3-8(9)11/h2-3,5,13-14H,4H2,1H3. The van der Waals surface area contributed by atoms with Gasteiger partial charge in [0.25, 0.3) is 0 Å². The van der Waals surface area contributed by atoms with Gasteiger partial charge >= 0.3 is 0 Å². The molecule has 4 nitrogen and oxygen atoms in total. The fraction of sp³-hybridized carbons (Fsp3) is 0.333. The van der Waals surface area contributed by atoms with Gasteiger partial charge in [0, 0.05) is 11.0 Å². The van der Waals surface area contributed by atoms with Crippen molar-refractivity contribution in [2.75, 3.05) is 6.54 Å². The van der Waals surface area contributed by atoms with E-state index >= 15 is 0 Å². The number of aliphatic hydroxyl groups excluding tert-OH is 1. The number of halogens is 3. The van der Waals surface area contributed by atoms with E-state index in [2.05, 4.69) is 20.7 Å². The Kier molecular flexibility index (Phi) is 4.91. The molecule has 0 bridgehead atoms. The average molecular weight is 347 g/mol. The van der Waals surface area contributed by atoms with Gasteiger partial charge in [-0.05, 0) is 35.0 Å². The smallest absolute Gasteiger partial charge is 0.243 e. The van der Waals surface area contributed by atoms with Crippen LogP contribution in [0.15, 0.2) is 21.5 Å². The van der Waals surface area contributed by atoms with Crippen LogP contribution < -0.4 is 4.72 Å². The van der Waals surface area contributed by atoms with E-state index in [0.717, 1.165) is 12.1 Å². The Labute approximate surface area is 112 Å². The SMILES string of the molecule is CC(O)CNS(=O)(=O)c1c(Cl)cc(F)cc1Br. The molecule has 96 valence electrons. The average Bonchev–Trinajstić information content (AvgIpc) is 2.12. The molecule has 17 heavy (non-hydrogen) atoms. The van der Waals surface area contributed by atoms with E-state index in [1.165, 1.54) is 6.92 Å². The molecule has 2 N–H and O–H groups in total. The third kappa shape index (κ3) is 3.89. The Hall–Kier alpha value is -0.210. The number of nitrogens with one attached hydrogen (secondary N) is 1. The molecule has 0 radical (unpaired) electrons. The van der Waals surface area contributed by atoms with E-state index in [1.54, 1.807) is 0 Å². The second-order valence-corrected chi connectivity index (χ2v) is 6.36. The molecule has 8 heteroatoms. The van der Waals surface area contributed by atoms with E-state index in [9.17, 15) is 12.8 Å². The molecule has 1 aromatic rings. The van der Waals surface area contributed by atoms with Crippen LogP contribution in [0.1, 0.15) is 6.92 Å². The molecule has 0 fully saturated rings. The zero-order valence-electron chi connectivity index (χ0n) is 8.75. The molecule has 0 aromatic heterocycles. The van der Waals surface area contributed by atoms with Crippen molar-refractivity contribution in [3.8, 4) is 0 Å². The van der Waals surface area contributed by atoms with E-state index in [4.69, 9.17) is 16.7 Å². The molecule has 0 aliphatic rings.